The van der Waals surface area contributed by atoms with Crippen molar-refractivity contribution in [1.29, 1.82) is 0 Å². The Morgan fingerprint density at radius 3 is 2.46 bits per heavy atom. The van der Waals surface area contributed by atoms with Gasteiger partial charge in [0.25, 0.3) is 12.9 Å². The number of alkyl halides is 7. The summed E-state index contributed by atoms with van der Waals surface area (Å²) in [6.07, 6.45) is -5.34. The van der Waals surface area contributed by atoms with Gasteiger partial charge in [0.2, 0.25) is 0 Å². The van der Waals surface area contributed by atoms with Crippen LogP contribution in [0.25, 0.3) is 6.20 Å². The number of hydrogen-bond donors (Lipinski definition) is 2. The Labute approximate surface area is 200 Å². The fraction of sp³-hybridized carbons (Fsp3) is 0.524. The first kappa shape index (κ1) is 25.6. The highest BCUT2D eigenvalue weighted by Crippen LogP contribution is 2.32. The zero-order chi connectivity index (χ0) is 25.2. The summed E-state index contributed by atoms with van der Waals surface area (Å²) in [5, 5.41) is 12.1. The van der Waals surface area contributed by atoms with Crippen LogP contribution in [0.3, 0.4) is 0 Å². The zero-order valence-electron chi connectivity index (χ0n) is 18.3. The van der Waals surface area contributed by atoms with Crippen LogP contribution in [0.1, 0.15) is 59.9 Å². The van der Waals surface area contributed by atoms with Crippen LogP contribution in [0.2, 0.25) is 0 Å². The van der Waals surface area contributed by atoms with Gasteiger partial charge in [-0.25, -0.2) is 27.2 Å². The average molecular weight is 525 g/mol. The molecule has 2 aliphatic rings. The van der Waals surface area contributed by atoms with Crippen molar-refractivity contribution in [2.24, 2.45) is 0 Å². The van der Waals surface area contributed by atoms with E-state index in [0.29, 0.717) is 24.8 Å². The molecule has 1 unspecified atom stereocenters. The van der Waals surface area contributed by atoms with Crippen LogP contribution < -0.4 is 10.6 Å². The fourth-order valence-electron chi connectivity index (χ4n) is 3.97. The molecule has 0 saturated carbocycles. The molecule has 0 radical (unpaired) electrons. The lowest BCUT2D eigenvalue weighted by Crippen LogP contribution is -2.34. The summed E-state index contributed by atoms with van der Waals surface area (Å²) in [6, 6.07) is 0.698. The minimum Gasteiger partial charge on any atom is -0.376 e. The molecule has 2 aromatic heterocycles. The molecule has 0 amide bonds. The molecule has 2 N–H and O–H groups in total. The quantitative estimate of drug-likeness (QED) is 0.402. The maximum Gasteiger partial charge on any atom is 0.413 e. The van der Waals surface area contributed by atoms with Crippen molar-refractivity contribution in [1.82, 2.24) is 30.3 Å². The lowest BCUT2D eigenvalue weighted by molar-refractivity contribution is -0.0930. The van der Waals surface area contributed by atoms with Crippen LogP contribution in [0, 0.1) is 0 Å². The van der Waals surface area contributed by atoms with Crippen molar-refractivity contribution < 1.29 is 30.7 Å². The van der Waals surface area contributed by atoms with Gasteiger partial charge in [0.1, 0.15) is 17.6 Å². The molecule has 0 spiro atoms. The van der Waals surface area contributed by atoms with Crippen LogP contribution in [0.15, 0.2) is 29.3 Å². The van der Waals surface area contributed by atoms with Gasteiger partial charge in [0, 0.05) is 55.5 Å². The number of thiazole rings is 1. The second-order valence-corrected chi connectivity index (χ2v) is 9.10. The van der Waals surface area contributed by atoms with Crippen LogP contribution >= 0.6 is 11.3 Å². The van der Waals surface area contributed by atoms with E-state index in [1.807, 2.05) is 10.3 Å². The van der Waals surface area contributed by atoms with Crippen LogP contribution in [-0.2, 0) is 0 Å². The van der Waals surface area contributed by atoms with E-state index >= 15 is 0 Å². The Morgan fingerprint density at radius 1 is 1.06 bits per heavy atom. The van der Waals surface area contributed by atoms with Gasteiger partial charge in [-0.2, -0.15) is 18.3 Å². The van der Waals surface area contributed by atoms with E-state index in [-0.39, 0.29) is 19.0 Å². The number of likely N-dealkylation sites (tertiary alicyclic amines) is 1. The van der Waals surface area contributed by atoms with Gasteiger partial charge in [0.05, 0.1) is 10.7 Å². The Hall–Kier alpha value is -2.45. The maximum absolute atomic E-state index is 13.1. The lowest BCUT2D eigenvalue weighted by atomic mass is 9.98. The number of nitrogens with one attached hydrogen (secondary N) is 2. The first-order chi connectivity index (χ1) is 16.6. The van der Waals surface area contributed by atoms with E-state index in [1.165, 1.54) is 17.5 Å². The van der Waals surface area contributed by atoms with Crippen molar-refractivity contribution >= 4 is 17.5 Å². The Balaban J connectivity index is 1.32. The third kappa shape index (κ3) is 6.22. The molecule has 14 heteroatoms. The topological polar surface area (TPSA) is 58.0 Å². The van der Waals surface area contributed by atoms with Crippen molar-refractivity contribution in [3.8, 4) is 0 Å². The molecule has 0 aromatic carbocycles. The van der Waals surface area contributed by atoms with E-state index < -0.39 is 42.2 Å². The second-order valence-electron chi connectivity index (χ2n) is 8.21. The van der Waals surface area contributed by atoms with Crippen molar-refractivity contribution in [2.75, 3.05) is 26.2 Å². The van der Waals surface area contributed by atoms with E-state index in [9.17, 15) is 30.7 Å². The van der Waals surface area contributed by atoms with E-state index in [1.54, 1.807) is 6.20 Å². The Bertz CT molecular complexity index is 1050. The first-order valence-electron chi connectivity index (χ1n) is 10.9. The zero-order valence-corrected chi connectivity index (χ0v) is 19.1. The number of aromatic nitrogens is 3. The predicted molar refractivity (Wildman–Crippen MR) is 116 cm³/mol. The molecular formula is C21H23F7N6S. The van der Waals surface area contributed by atoms with Crippen LogP contribution in [-0.4, -0.2) is 52.0 Å². The molecular weight excluding hydrogens is 501 g/mol. The molecule has 1 saturated heterocycles. The molecule has 35 heavy (non-hydrogen) atoms. The standard InChI is InChI=1S/C21H23F7N6S/c22-17(23)14-9-16(18(24)25)34(32-14)8-7-33-5-2-12(3-6-33)20-31-15(11-35-20)19-29-4-1-13(10-30-19)21(26,27)28/h1,7-9,11-12,17-19,29-30H,2-6,10H2. The van der Waals surface area contributed by atoms with Gasteiger partial charge < -0.3 is 4.90 Å². The molecule has 4 heterocycles. The lowest BCUT2D eigenvalue weighted by Gasteiger charge is -2.30. The summed E-state index contributed by atoms with van der Waals surface area (Å²) in [5.41, 5.74) is -1.28. The molecule has 1 fully saturated rings. The monoisotopic (exact) mass is 524 g/mol. The predicted octanol–water partition coefficient (Wildman–Crippen LogP) is 5.20. The largest absolute Gasteiger partial charge is 0.413 e. The fourth-order valence-corrected chi connectivity index (χ4v) is 4.99. The molecule has 1 atom stereocenters. The van der Waals surface area contributed by atoms with Gasteiger partial charge in [-0.05, 0) is 18.9 Å². The van der Waals surface area contributed by atoms with Crippen molar-refractivity contribution in [3.63, 3.8) is 0 Å². The summed E-state index contributed by atoms with van der Waals surface area (Å²) < 4.78 is 91.5. The molecule has 6 nitrogen and oxygen atoms in total. The van der Waals surface area contributed by atoms with Crippen LogP contribution in [0.4, 0.5) is 30.7 Å². The SMILES string of the molecule is FC(F)c1cc(C(F)F)n(C=CN2CCC(c3nc(C4NCC=C(C(F)(F)F)CN4)cs3)CC2)n1. The maximum atomic E-state index is 13.1. The minimum absolute atomic E-state index is 0.0758. The molecule has 0 aliphatic carbocycles. The summed E-state index contributed by atoms with van der Waals surface area (Å²) in [7, 11) is 0. The summed E-state index contributed by atoms with van der Waals surface area (Å²) in [6.45, 7) is 0.969. The van der Waals surface area contributed by atoms with E-state index in [0.717, 1.165) is 28.6 Å². The third-order valence-electron chi connectivity index (χ3n) is 5.89. The van der Waals surface area contributed by atoms with Gasteiger partial charge in [-0.15, -0.1) is 11.3 Å². The number of hydrogen-bond acceptors (Lipinski definition) is 6. The summed E-state index contributed by atoms with van der Waals surface area (Å²) >= 11 is 1.45. The molecule has 4 rings (SSSR count). The highest BCUT2D eigenvalue weighted by atomic mass is 32.1. The van der Waals surface area contributed by atoms with E-state index in [2.05, 4.69) is 20.7 Å². The Kier molecular flexibility index (Phi) is 7.81. The number of halogens is 7. The van der Waals surface area contributed by atoms with Crippen molar-refractivity contribution in [2.45, 2.75) is 44.0 Å². The second kappa shape index (κ2) is 10.7. The summed E-state index contributed by atoms with van der Waals surface area (Å²) in [5.74, 6) is 0.153. The third-order valence-corrected chi connectivity index (χ3v) is 6.92. The smallest absolute Gasteiger partial charge is 0.376 e. The normalized spacial score (nSPS) is 20.8. The van der Waals surface area contributed by atoms with Crippen molar-refractivity contribution in [3.05, 3.63) is 51.4 Å². The van der Waals surface area contributed by atoms with Gasteiger partial charge in [0.15, 0.2) is 0 Å². The minimum atomic E-state index is -4.37. The summed E-state index contributed by atoms with van der Waals surface area (Å²) in [4.78, 5) is 6.53. The molecule has 192 valence electrons. The highest BCUT2D eigenvalue weighted by Gasteiger charge is 2.34. The average Bonchev–Trinajstić information content (AvgIpc) is 3.39. The van der Waals surface area contributed by atoms with Crippen LogP contribution in [0.5, 0.6) is 0 Å². The van der Waals surface area contributed by atoms with Gasteiger partial charge in [-0.1, -0.05) is 6.08 Å². The molecule has 2 aliphatic heterocycles. The van der Waals surface area contributed by atoms with Gasteiger partial charge >= 0.3 is 6.18 Å². The Morgan fingerprint density at radius 2 is 1.80 bits per heavy atom. The first-order valence-corrected chi connectivity index (χ1v) is 11.8. The number of piperidine rings is 1. The van der Waals surface area contributed by atoms with Gasteiger partial charge in [-0.3, -0.25) is 10.6 Å². The number of rotatable bonds is 6. The number of nitrogens with zero attached hydrogens (tertiary/aromatic N) is 4. The molecule has 0 bridgehead atoms. The van der Waals surface area contributed by atoms with E-state index in [4.69, 9.17) is 0 Å². The molecule has 2 aromatic rings. The highest BCUT2D eigenvalue weighted by molar-refractivity contribution is 7.09.